The Morgan fingerprint density at radius 2 is 1.78 bits per heavy atom. The molecule has 2 saturated carbocycles. The Labute approximate surface area is 139 Å². The molecule has 0 spiro atoms. The highest BCUT2D eigenvalue weighted by molar-refractivity contribution is 5.87. The largest absolute Gasteiger partial charge is 0.353 e. The molecule has 0 radical (unpaired) electrons. The van der Waals surface area contributed by atoms with Crippen molar-refractivity contribution in [1.82, 2.24) is 0 Å². The summed E-state index contributed by atoms with van der Waals surface area (Å²) in [7, 11) is 3.55. The summed E-state index contributed by atoms with van der Waals surface area (Å²) in [6, 6.07) is 0. The van der Waals surface area contributed by atoms with Crippen LogP contribution < -0.4 is 0 Å². The summed E-state index contributed by atoms with van der Waals surface area (Å²) in [6.45, 7) is 2.26. The fourth-order valence-electron chi connectivity index (χ4n) is 6.39. The lowest BCUT2D eigenvalue weighted by molar-refractivity contribution is -0.213. The predicted octanol–water partition coefficient (Wildman–Crippen LogP) is 4.26. The summed E-state index contributed by atoms with van der Waals surface area (Å²) in [5, 5.41) is 0. The molecule has 23 heavy (non-hydrogen) atoms. The minimum Gasteiger partial charge on any atom is -0.353 e. The van der Waals surface area contributed by atoms with Gasteiger partial charge in [-0.3, -0.25) is 4.79 Å². The van der Waals surface area contributed by atoms with E-state index in [2.05, 4.69) is 6.92 Å². The normalized spacial score (nSPS) is 42.2. The van der Waals surface area contributed by atoms with Gasteiger partial charge in [0.1, 0.15) is 5.78 Å². The number of allylic oxidation sites excluding steroid dienone is 1. The molecule has 0 unspecified atom stereocenters. The highest BCUT2D eigenvalue weighted by Gasteiger charge is 2.55. The van der Waals surface area contributed by atoms with E-state index in [9.17, 15) is 4.79 Å². The van der Waals surface area contributed by atoms with E-state index in [4.69, 9.17) is 9.47 Å². The molecular weight excluding hydrogens is 288 g/mol. The van der Waals surface area contributed by atoms with E-state index >= 15 is 0 Å². The van der Waals surface area contributed by atoms with Crippen molar-refractivity contribution in [2.24, 2.45) is 23.2 Å². The molecule has 3 nitrogen and oxygen atoms in total. The number of hydrogen-bond acceptors (Lipinski definition) is 3. The first-order valence-corrected chi connectivity index (χ1v) is 9.37. The summed E-state index contributed by atoms with van der Waals surface area (Å²) >= 11 is 0. The van der Waals surface area contributed by atoms with Crippen LogP contribution in [0.3, 0.4) is 0 Å². The number of Topliss-reactive ketones (excluding diaryl/α,β-unsaturated/α-hetero) is 1. The first-order chi connectivity index (χ1) is 11.0. The minimum absolute atomic E-state index is 0.00326. The Hall–Kier alpha value is -0.670. The molecule has 4 aliphatic rings. The fourth-order valence-corrected chi connectivity index (χ4v) is 6.39. The van der Waals surface area contributed by atoms with Crippen LogP contribution in [0.4, 0.5) is 0 Å². The Bertz CT molecular complexity index is 545. The van der Waals surface area contributed by atoms with Crippen LogP contribution in [-0.4, -0.2) is 25.8 Å². The molecule has 2 fully saturated rings. The second-order valence-electron chi connectivity index (χ2n) is 8.46. The second kappa shape index (κ2) is 5.42. The summed E-state index contributed by atoms with van der Waals surface area (Å²) < 4.78 is 11.4. The molecule has 0 aliphatic heterocycles. The monoisotopic (exact) mass is 318 g/mol. The smallest absolute Gasteiger partial charge is 0.171 e. The Morgan fingerprint density at radius 3 is 2.52 bits per heavy atom. The topological polar surface area (TPSA) is 35.5 Å². The third-order valence-corrected chi connectivity index (χ3v) is 7.83. The lowest BCUT2D eigenvalue weighted by Gasteiger charge is -2.51. The SMILES string of the molecule is COC1(OC)CCC2=C(CC[C@@H]3[C@@H]2CC[C@]2(C)C(=O)CC[C@@H]32)C1. The van der Waals surface area contributed by atoms with Gasteiger partial charge in [-0.2, -0.15) is 0 Å². The van der Waals surface area contributed by atoms with Crippen LogP contribution >= 0.6 is 0 Å². The molecule has 128 valence electrons. The van der Waals surface area contributed by atoms with Gasteiger partial charge in [0.25, 0.3) is 0 Å². The van der Waals surface area contributed by atoms with Crippen LogP contribution in [0.5, 0.6) is 0 Å². The lowest BCUT2D eigenvalue weighted by Crippen LogP contribution is -2.46. The number of fused-ring (bicyclic) bond motifs is 4. The molecule has 0 amide bonds. The quantitative estimate of drug-likeness (QED) is 0.563. The van der Waals surface area contributed by atoms with Crippen molar-refractivity contribution in [2.45, 2.75) is 70.5 Å². The minimum atomic E-state index is -0.391. The second-order valence-corrected chi connectivity index (χ2v) is 8.46. The van der Waals surface area contributed by atoms with Crippen molar-refractivity contribution in [3.05, 3.63) is 11.1 Å². The average Bonchev–Trinajstić information content (AvgIpc) is 2.89. The molecule has 4 atom stereocenters. The van der Waals surface area contributed by atoms with E-state index in [1.807, 2.05) is 0 Å². The first-order valence-electron chi connectivity index (χ1n) is 9.37. The van der Waals surface area contributed by atoms with Gasteiger partial charge in [-0.25, -0.2) is 0 Å². The average molecular weight is 318 g/mol. The van der Waals surface area contributed by atoms with Crippen LogP contribution in [0.1, 0.15) is 64.7 Å². The van der Waals surface area contributed by atoms with Gasteiger partial charge in [0.05, 0.1) is 0 Å². The van der Waals surface area contributed by atoms with Crippen molar-refractivity contribution in [3.63, 3.8) is 0 Å². The number of hydrogen-bond donors (Lipinski definition) is 0. The van der Waals surface area contributed by atoms with Crippen LogP contribution in [0.25, 0.3) is 0 Å². The first kappa shape index (κ1) is 15.8. The van der Waals surface area contributed by atoms with Gasteiger partial charge in [-0.1, -0.05) is 18.1 Å². The summed E-state index contributed by atoms with van der Waals surface area (Å²) in [4.78, 5) is 12.4. The van der Waals surface area contributed by atoms with Gasteiger partial charge in [-0.15, -0.1) is 0 Å². The van der Waals surface area contributed by atoms with Crippen molar-refractivity contribution < 1.29 is 14.3 Å². The van der Waals surface area contributed by atoms with E-state index in [0.29, 0.717) is 11.7 Å². The molecule has 0 N–H and O–H groups in total. The van der Waals surface area contributed by atoms with Gasteiger partial charge in [-0.05, 0) is 56.3 Å². The van der Waals surface area contributed by atoms with E-state index in [0.717, 1.165) is 50.4 Å². The fraction of sp³-hybridized carbons (Fsp3) is 0.850. The van der Waals surface area contributed by atoms with E-state index in [1.165, 1.54) is 19.3 Å². The van der Waals surface area contributed by atoms with E-state index in [-0.39, 0.29) is 5.41 Å². The summed E-state index contributed by atoms with van der Waals surface area (Å²) in [5.74, 6) is 2.27. The third kappa shape index (κ3) is 2.19. The molecule has 3 heteroatoms. The van der Waals surface area contributed by atoms with Crippen LogP contribution in [0.15, 0.2) is 11.1 Å². The zero-order valence-corrected chi connectivity index (χ0v) is 14.8. The third-order valence-electron chi connectivity index (χ3n) is 7.83. The maximum atomic E-state index is 12.4. The molecule has 0 heterocycles. The standard InChI is InChI=1S/C20H30O3/c1-19-10-8-15-14-9-11-20(22-2,23-3)12-13(14)4-5-16(15)17(19)6-7-18(19)21/h15-17H,4-12H2,1-3H3/t15-,16-,17+,19+/m1/s1. The van der Waals surface area contributed by atoms with E-state index in [1.54, 1.807) is 25.4 Å². The van der Waals surface area contributed by atoms with Crippen molar-refractivity contribution in [3.8, 4) is 0 Å². The molecule has 0 aromatic carbocycles. The zero-order chi connectivity index (χ0) is 16.2. The summed E-state index contributed by atoms with van der Waals surface area (Å²) in [5.41, 5.74) is 3.32. The predicted molar refractivity (Wildman–Crippen MR) is 88.9 cm³/mol. The molecule has 0 aromatic rings. The highest BCUT2D eigenvalue weighted by atomic mass is 16.7. The maximum Gasteiger partial charge on any atom is 0.171 e. The number of ether oxygens (including phenoxy) is 2. The maximum absolute atomic E-state index is 12.4. The van der Waals surface area contributed by atoms with Gasteiger partial charge in [0, 0.05) is 38.9 Å². The number of ketones is 1. The van der Waals surface area contributed by atoms with E-state index < -0.39 is 5.79 Å². The molecular formula is C20H30O3. The van der Waals surface area contributed by atoms with Crippen molar-refractivity contribution in [2.75, 3.05) is 14.2 Å². The number of carbonyl (C=O) groups is 1. The Balaban J connectivity index is 1.61. The van der Waals surface area contributed by atoms with Crippen molar-refractivity contribution in [1.29, 1.82) is 0 Å². The lowest BCUT2D eigenvalue weighted by atomic mass is 9.54. The number of carbonyl (C=O) groups excluding carboxylic acids is 1. The van der Waals surface area contributed by atoms with Crippen molar-refractivity contribution >= 4 is 5.78 Å². The van der Waals surface area contributed by atoms with Gasteiger partial charge in [0.2, 0.25) is 0 Å². The number of rotatable bonds is 2. The van der Waals surface area contributed by atoms with Crippen LogP contribution in [-0.2, 0) is 14.3 Å². The van der Waals surface area contributed by atoms with Gasteiger partial charge in [0.15, 0.2) is 5.79 Å². The molecule has 0 aromatic heterocycles. The van der Waals surface area contributed by atoms with Gasteiger partial charge >= 0.3 is 0 Å². The summed E-state index contributed by atoms with van der Waals surface area (Å²) in [6.07, 6.45) is 9.78. The van der Waals surface area contributed by atoms with Crippen LogP contribution in [0, 0.1) is 23.2 Å². The number of methoxy groups -OCH3 is 2. The molecule has 4 rings (SSSR count). The zero-order valence-electron chi connectivity index (χ0n) is 14.8. The van der Waals surface area contributed by atoms with Crippen LogP contribution in [0.2, 0.25) is 0 Å². The molecule has 0 saturated heterocycles. The Kier molecular flexibility index (Phi) is 3.73. The Morgan fingerprint density at radius 1 is 1.00 bits per heavy atom. The van der Waals surface area contributed by atoms with Gasteiger partial charge < -0.3 is 9.47 Å². The molecule has 4 aliphatic carbocycles. The highest BCUT2D eigenvalue weighted by Crippen LogP contribution is 2.60. The molecule has 0 bridgehead atoms.